The van der Waals surface area contributed by atoms with Crippen LogP contribution in [-0.2, 0) is 14.8 Å². The fourth-order valence-electron chi connectivity index (χ4n) is 2.25. The van der Waals surface area contributed by atoms with Gasteiger partial charge in [0.05, 0.1) is 10.6 Å². The Hall–Kier alpha value is -0.730. The van der Waals surface area contributed by atoms with E-state index in [-0.39, 0.29) is 16.5 Å². The van der Waals surface area contributed by atoms with E-state index in [1.807, 2.05) is 0 Å². The maximum absolute atomic E-state index is 13.3. The van der Waals surface area contributed by atoms with Crippen LogP contribution in [0, 0.1) is 5.82 Å². The van der Waals surface area contributed by atoms with E-state index in [0.717, 1.165) is 16.4 Å². The second kappa shape index (κ2) is 6.18. The van der Waals surface area contributed by atoms with Crippen molar-refractivity contribution < 1.29 is 22.7 Å². The maximum atomic E-state index is 13.3. The van der Waals surface area contributed by atoms with Crippen LogP contribution in [-0.4, -0.2) is 50.2 Å². The van der Waals surface area contributed by atoms with Crippen molar-refractivity contribution in [2.45, 2.75) is 23.3 Å². The molecule has 1 aliphatic rings. The molecule has 8 heteroatoms. The van der Waals surface area contributed by atoms with E-state index in [1.165, 1.54) is 13.1 Å². The number of hydrogen-bond donors (Lipinski definition) is 1. The second-order valence-corrected chi connectivity index (χ2v) is 7.59. The third-order valence-corrected chi connectivity index (χ3v) is 5.81. The summed E-state index contributed by atoms with van der Waals surface area (Å²) in [4.78, 5) is -0.303. The molecule has 2 rings (SSSR count). The molecule has 21 heavy (non-hydrogen) atoms. The lowest BCUT2D eigenvalue weighted by atomic mass is 9.95. The number of halogens is 2. The predicted octanol–water partition coefficient (Wildman–Crippen LogP) is 1.64. The molecule has 0 bridgehead atoms. The molecule has 5 nitrogen and oxygen atoms in total. The molecule has 0 spiro atoms. The highest BCUT2D eigenvalue weighted by molar-refractivity contribution is 7.89. The molecule has 1 aromatic carbocycles. The Morgan fingerprint density at radius 3 is 2.67 bits per heavy atom. The van der Waals surface area contributed by atoms with E-state index >= 15 is 0 Å². The van der Waals surface area contributed by atoms with Gasteiger partial charge in [-0.1, -0.05) is 11.6 Å². The third kappa shape index (κ3) is 3.73. The van der Waals surface area contributed by atoms with E-state index in [4.69, 9.17) is 16.3 Å². The molecule has 0 aromatic heterocycles. The first-order valence-corrected chi connectivity index (χ1v) is 8.28. The van der Waals surface area contributed by atoms with Gasteiger partial charge in [-0.2, -0.15) is 4.31 Å². The Bertz CT molecular complexity index is 617. The Labute approximate surface area is 128 Å². The first-order valence-electron chi connectivity index (χ1n) is 6.46. The maximum Gasteiger partial charge on any atom is 0.244 e. The van der Waals surface area contributed by atoms with Crippen LogP contribution >= 0.6 is 11.6 Å². The van der Waals surface area contributed by atoms with Crippen LogP contribution in [0.25, 0.3) is 0 Å². The number of benzene rings is 1. The summed E-state index contributed by atoms with van der Waals surface area (Å²) >= 11 is 5.85. The highest BCUT2D eigenvalue weighted by Crippen LogP contribution is 2.28. The third-order valence-electron chi connectivity index (χ3n) is 3.52. The van der Waals surface area contributed by atoms with Crippen LogP contribution in [0.15, 0.2) is 23.1 Å². The second-order valence-electron chi connectivity index (χ2n) is 5.17. The van der Waals surface area contributed by atoms with Gasteiger partial charge in [0.25, 0.3) is 0 Å². The molecule has 0 unspecified atom stereocenters. The fraction of sp³-hybridized carbons (Fsp3) is 0.538. The molecule has 1 heterocycles. The van der Waals surface area contributed by atoms with Crippen LogP contribution in [0.1, 0.15) is 12.8 Å². The van der Waals surface area contributed by atoms with Crippen molar-refractivity contribution in [3.63, 3.8) is 0 Å². The summed E-state index contributed by atoms with van der Waals surface area (Å²) < 4.78 is 44.3. The molecule has 1 N–H and O–H groups in total. The number of likely N-dealkylation sites (N-methyl/N-ethyl adjacent to an activating group) is 1. The lowest BCUT2D eigenvalue weighted by molar-refractivity contribution is -0.0689. The van der Waals surface area contributed by atoms with Crippen LogP contribution in [0.4, 0.5) is 4.39 Å². The molecule has 0 aliphatic carbocycles. The Balaban J connectivity index is 2.24. The molecular formula is C13H17ClFNO4S. The van der Waals surface area contributed by atoms with Crippen LogP contribution in [0.2, 0.25) is 5.02 Å². The number of ether oxygens (including phenoxy) is 1. The smallest absolute Gasteiger partial charge is 0.244 e. The average Bonchev–Trinajstić information content (AvgIpc) is 2.41. The molecule has 0 radical (unpaired) electrons. The number of aliphatic hydroxyl groups is 1. The minimum absolute atomic E-state index is 0.0535. The van der Waals surface area contributed by atoms with Gasteiger partial charge in [0.15, 0.2) is 0 Å². The Morgan fingerprint density at radius 2 is 2.05 bits per heavy atom. The standard InChI is InChI=1S/C13H17ClFNO4S/c1-16(9-13(17)4-6-20-7-5-13)21(18,19)12-8-10(15)2-3-11(12)14/h2-3,8,17H,4-7,9H2,1H3. The molecule has 118 valence electrons. The molecule has 0 atom stereocenters. The summed E-state index contributed by atoms with van der Waals surface area (Å²) in [6, 6.07) is 3.16. The van der Waals surface area contributed by atoms with E-state index in [2.05, 4.69) is 0 Å². The van der Waals surface area contributed by atoms with Crippen molar-refractivity contribution in [2.75, 3.05) is 26.8 Å². The first-order chi connectivity index (χ1) is 9.74. The van der Waals surface area contributed by atoms with E-state index in [0.29, 0.717) is 26.1 Å². The van der Waals surface area contributed by atoms with Crippen molar-refractivity contribution >= 4 is 21.6 Å². The first kappa shape index (κ1) is 16.6. The summed E-state index contributed by atoms with van der Waals surface area (Å²) in [7, 11) is -2.63. The number of sulfonamides is 1. The minimum atomic E-state index is -3.97. The molecule has 0 saturated carbocycles. The Morgan fingerprint density at radius 1 is 1.43 bits per heavy atom. The van der Waals surface area contributed by atoms with Gasteiger partial charge in [-0.25, -0.2) is 12.8 Å². The molecule has 1 saturated heterocycles. The van der Waals surface area contributed by atoms with Gasteiger partial charge in [-0.05, 0) is 18.2 Å². The average molecular weight is 338 g/mol. The normalized spacial score (nSPS) is 18.9. The SMILES string of the molecule is CN(CC1(O)CCOCC1)S(=O)(=O)c1cc(F)ccc1Cl. The van der Waals surface area contributed by atoms with Crippen molar-refractivity contribution in [2.24, 2.45) is 0 Å². The van der Waals surface area contributed by atoms with Crippen LogP contribution in [0.5, 0.6) is 0 Å². The van der Waals surface area contributed by atoms with Crippen LogP contribution in [0.3, 0.4) is 0 Å². The highest BCUT2D eigenvalue weighted by Gasteiger charge is 2.35. The van der Waals surface area contributed by atoms with Crippen LogP contribution < -0.4 is 0 Å². The van der Waals surface area contributed by atoms with Gasteiger partial charge < -0.3 is 9.84 Å². The summed E-state index contributed by atoms with van der Waals surface area (Å²) in [6.45, 7) is 0.668. The van der Waals surface area contributed by atoms with E-state index < -0.39 is 21.4 Å². The minimum Gasteiger partial charge on any atom is -0.388 e. The van der Waals surface area contributed by atoms with E-state index in [1.54, 1.807) is 0 Å². The lowest BCUT2D eigenvalue weighted by Gasteiger charge is -2.35. The largest absolute Gasteiger partial charge is 0.388 e. The summed E-state index contributed by atoms with van der Waals surface area (Å²) in [6.07, 6.45) is 0.702. The van der Waals surface area contributed by atoms with Gasteiger partial charge in [0.1, 0.15) is 10.7 Å². The summed E-state index contributed by atoms with van der Waals surface area (Å²) in [5, 5.41) is 10.3. The zero-order valence-corrected chi connectivity index (χ0v) is 13.1. The van der Waals surface area contributed by atoms with Gasteiger partial charge in [0.2, 0.25) is 10.0 Å². The van der Waals surface area contributed by atoms with Crippen molar-refractivity contribution in [3.8, 4) is 0 Å². The zero-order chi connectivity index (χ0) is 15.7. The molecular weight excluding hydrogens is 321 g/mol. The predicted molar refractivity (Wildman–Crippen MR) is 76.2 cm³/mol. The monoisotopic (exact) mass is 337 g/mol. The number of rotatable bonds is 4. The van der Waals surface area contributed by atoms with Crippen molar-refractivity contribution in [1.29, 1.82) is 0 Å². The van der Waals surface area contributed by atoms with Crippen molar-refractivity contribution in [1.82, 2.24) is 4.31 Å². The highest BCUT2D eigenvalue weighted by atomic mass is 35.5. The fourth-order valence-corrected chi connectivity index (χ4v) is 3.98. The summed E-state index contributed by atoms with van der Waals surface area (Å²) in [5.41, 5.74) is -1.14. The molecule has 1 aliphatic heterocycles. The molecule has 0 amide bonds. The van der Waals surface area contributed by atoms with Gasteiger partial charge in [-0.15, -0.1) is 0 Å². The number of nitrogens with zero attached hydrogens (tertiary/aromatic N) is 1. The van der Waals surface area contributed by atoms with Gasteiger partial charge >= 0.3 is 0 Å². The van der Waals surface area contributed by atoms with Gasteiger partial charge in [0, 0.05) is 39.6 Å². The van der Waals surface area contributed by atoms with Gasteiger partial charge in [-0.3, -0.25) is 0 Å². The Kier molecular flexibility index (Phi) is 4.89. The quantitative estimate of drug-likeness (QED) is 0.907. The molecule has 1 fully saturated rings. The zero-order valence-electron chi connectivity index (χ0n) is 11.6. The lowest BCUT2D eigenvalue weighted by Crippen LogP contribution is -2.47. The topological polar surface area (TPSA) is 66.8 Å². The molecule has 1 aromatic rings. The summed E-state index contributed by atoms with van der Waals surface area (Å²) in [5.74, 6) is -0.684. The van der Waals surface area contributed by atoms with E-state index in [9.17, 15) is 17.9 Å². The number of hydrogen-bond acceptors (Lipinski definition) is 4. The van der Waals surface area contributed by atoms with Crippen molar-refractivity contribution in [3.05, 3.63) is 29.0 Å².